The maximum Gasteiger partial charge on any atom is 0.161 e. The molecule has 1 aromatic rings. The van der Waals surface area contributed by atoms with Crippen LogP contribution in [0.2, 0.25) is 0 Å². The number of hydrogen-bond acceptors (Lipinski definition) is 4. The molecule has 0 aliphatic carbocycles. The molecular weight excluding hydrogens is 227 g/mol. The Morgan fingerprint density at radius 1 is 1.29 bits per heavy atom. The summed E-state index contributed by atoms with van der Waals surface area (Å²) in [6, 6.07) is 3.63. The Balaban J connectivity index is 1.96. The van der Waals surface area contributed by atoms with Gasteiger partial charge in [-0.3, -0.25) is 0 Å². The van der Waals surface area contributed by atoms with E-state index in [-0.39, 0.29) is 18.3 Å². The normalized spacial score (nSPS) is 36.1. The molecule has 3 rings (SSSR count). The van der Waals surface area contributed by atoms with Crippen LogP contribution < -0.4 is 0 Å². The van der Waals surface area contributed by atoms with Crippen molar-refractivity contribution in [3.63, 3.8) is 0 Å². The third kappa shape index (κ3) is 1.90. The fourth-order valence-corrected chi connectivity index (χ4v) is 2.54. The molecule has 0 aromatic heterocycles. The standard InChI is InChI=1S/C12H13FO4/c13-8-1-7(2-9(14)3-8)12(15)4-10-6-16-11(5-12)17-10/h1-3,10-11,14-15H,4-6H2/t10-,11-,12-/m1/s1. The number of hydrogen-bond donors (Lipinski definition) is 2. The molecule has 2 aliphatic heterocycles. The molecule has 2 bridgehead atoms. The number of halogens is 1. The Hall–Kier alpha value is -1.17. The number of phenolic OH excluding ortho intramolecular Hbond substituents is 1. The lowest BCUT2D eigenvalue weighted by atomic mass is 9.84. The summed E-state index contributed by atoms with van der Waals surface area (Å²) in [6.07, 6.45) is 0.00650. The predicted molar refractivity (Wildman–Crippen MR) is 55.8 cm³/mol. The number of rotatable bonds is 1. The van der Waals surface area contributed by atoms with Gasteiger partial charge in [0.1, 0.15) is 11.6 Å². The van der Waals surface area contributed by atoms with Crippen LogP contribution in [0.4, 0.5) is 4.39 Å². The highest BCUT2D eigenvalue weighted by Gasteiger charge is 2.45. The van der Waals surface area contributed by atoms with Crippen molar-refractivity contribution in [1.29, 1.82) is 0 Å². The number of aliphatic hydroxyl groups is 1. The second kappa shape index (κ2) is 3.66. The zero-order valence-corrected chi connectivity index (χ0v) is 9.10. The van der Waals surface area contributed by atoms with Crippen LogP contribution in [0.5, 0.6) is 5.75 Å². The van der Waals surface area contributed by atoms with Crippen LogP contribution in [0.3, 0.4) is 0 Å². The minimum atomic E-state index is -1.19. The Bertz CT molecular complexity index is 416. The lowest BCUT2D eigenvalue weighted by Crippen LogP contribution is -2.39. The first-order valence-electron chi connectivity index (χ1n) is 5.55. The average molecular weight is 240 g/mol. The largest absolute Gasteiger partial charge is 0.508 e. The molecule has 2 saturated heterocycles. The minimum absolute atomic E-state index is 0.163. The van der Waals surface area contributed by atoms with E-state index in [9.17, 15) is 14.6 Å². The lowest BCUT2D eigenvalue weighted by molar-refractivity contribution is -0.159. The van der Waals surface area contributed by atoms with E-state index in [0.29, 0.717) is 18.6 Å². The summed E-state index contributed by atoms with van der Waals surface area (Å²) in [5.74, 6) is -0.749. The molecular formula is C12H13FO4. The fraction of sp³-hybridized carbons (Fsp3) is 0.500. The maximum absolute atomic E-state index is 13.2. The Labute approximate surface area is 97.6 Å². The van der Waals surface area contributed by atoms with E-state index >= 15 is 0 Å². The summed E-state index contributed by atoms with van der Waals surface area (Å²) >= 11 is 0. The molecule has 2 aliphatic rings. The van der Waals surface area contributed by atoms with Gasteiger partial charge in [0.15, 0.2) is 6.29 Å². The van der Waals surface area contributed by atoms with Gasteiger partial charge >= 0.3 is 0 Å². The second-order valence-corrected chi connectivity index (χ2v) is 4.66. The van der Waals surface area contributed by atoms with Crippen molar-refractivity contribution >= 4 is 0 Å². The second-order valence-electron chi connectivity index (χ2n) is 4.66. The van der Waals surface area contributed by atoms with Gasteiger partial charge in [-0.05, 0) is 17.7 Å². The molecule has 3 atom stereocenters. The number of fused-ring (bicyclic) bond motifs is 2. The van der Waals surface area contributed by atoms with Crippen molar-refractivity contribution in [3.8, 4) is 5.75 Å². The highest BCUT2D eigenvalue weighted by Crippen LogP contribution is 2.41. The summed E-state index contributed by atoms with van der Waals surface area (Å²) in [6.45, 7) is 0.453. The Morgan fingerprint density at radius 3 is 2.82 bits per heavy atom. The molecule has 1 aromatic carbocycles. The van der Waals surface area contributed by atoms with E-state index in [2.05, 4.69) is 0 Å². The lowest BCUT2D eigenvalue weighted by Gasteiger charge is -2.35. The molecule has 0 saturated carbocycles. The monoisotopic (exact) mass is 240 g/mol. The number of ether oxygens (including phenoxy) is 2. The van der Waals surface area contributed by atoms with Crippen LogP contribution in [-0.2, 0) is 15.1 Å². The highest BCUT2D eigenvalue weighted by atomic mass is 19.1. The van der Waals surface area contributed by atoms with Crippen molar-refractivity contribution in [2.45, 2.75) is 30.8 Å². The van der Waals surface area contributed by atoms with Crippen LogP contribution in [0.15, 0.2) is 18.2 Å². The van der Waals surface area contributed by atoms with Crippen molar-refractivity contribution in [3.05, 3.63) is 29.6 Å². The summed E-state index contributed by atoms with van der Waals surface area (Å²) in [5, 5.41) is 19.9. The summed E-state index contributed by atoms with van der Waals surface area (Å²) < 4.78 is 24.0. The molecule has 17 heavy (non-hydrogen) atoms. The predicted octanol–water partition coefficient (Wildman–Crippen LogP) is 1.25. The van der Waals surface area contributed by atoms with Gasteiger partial charge in [-0.1, -0.05) is 0 Å². The first-order chi connectivity index (χ1) is 8.05. The molecule has 0 amide bonds. The fourth-order valence-electron chi connectivity index (χ4n) is 2.54. The first-order valence-corrected chi connectivity index (χ1v) is 5.55. The zero-order valence-electron chi connectivity index (χ0n) is 9.10. The smallest absolute Gasteiger partial charge is 0.161 e. The molecule has 2 heterocycles. The van der Waals surface area contributed by atoms with Gasteiger partial charge < -0.3 is 19.7 Å². The number of aromatic hydroxyl groups is 1. The quantitative estimate of drug-likeness (QED) is 0.775. The first kappa shape index (κ1) is 11.0. The van der Waals surface area contributed by atoms with Crippen molar-refractivity contribution in [2.75, 3.05) is 6.61 Å². The van der Waals surface area contributed by atoms with Crippen molar-refractivity contribution < 1.29 is 24.1 Å². The third-order valence-corrected chi connectivity index (χ3v) is 3.30. The molecule has 0 unspecified atom stereocenters. The highest BCUT2D eigenvalue weighted by molar-refractivity contribution is 5.33. The van der Waals surface area contributed by atoms with E-state index in [4.69, 9.17) is 9.47 Å². The molecule has 0 radical (unpaired) electrons. The number of phenols is 1. The summed E-state index contributed by atoms with van der Waals surface area (Å²) in [4.78, 5) is 0. The van der Waals surface area contributed by atoms with Crippen LogP contribution in [0.25, 0.3) is 0 Å². The molecule has 92 valence electrons. The van der Waals surface area contributed by atoms with Gasteiger partial charge in [0.05, 0.1) is 18.3 Å². The van der Waals surface area contributed by atoms with Crippen LogP contribution in [0.1, 0.15) is 18.4 Å². The Morgan fingerprint density at radius 2 is 2.12 bits per heavy atom. The number of benzene rings is 1. The van der Waals surface area contributed by atoms with Crippen LogP contribution in [-0.4, -0.2) is 29.2 Å². The SMILES string of the molecule is Oc1cc(F)cc([C@@]2(O)C[C@@H]3CO[C@@H](C2)O3)c1. The van der Waals surface area contributed by atoms with E-state index in [1.54, 1.807) is 0 Å². The molecule has 4 nitrogen and oxygen atoms in total. The van der Waals surface area contributed by atoms with Crippen molar-refractivity contribution in [2.24, 2.45) is 0 Å². The topological polar surface area (TPSA) is 58.9 Å². The van der Waals surface area contributed by atoms with Gasteiger partial charge in [-0.25, -0.2) is 4.39 Å². The van der Waals surface area contributed by atoms with Gasteiger partial charge in [-0.15, -0.1) is 0 Å². The van der Waals surface area contributed by atoms with Gasteiger partial charge in [-0.2, -0.15) is 0 Å². The minimum Gasteiger partial charge on any atom is -0.508 e. The van der Waals surface area contributed by atoms with Gasteiger partial charge in [0.25, 0.3) is 0 Å². The maximum atomic E-state index is 13.2. The molecule has 0 spiro atoms. The van der Waals surface area contributed by atoms with E-state index in [1.165, 1.54) is 12.1 Å². The average Bonchev–Trinajstić information content (AvgIpc) is 2.57. The van der Waals surface area contributed by atoms with E-state index < -0.39 is 17.7 Å². The summed E-state index contributed by atoms with van der Waals surface area (Å²) in [7, 11) is 0. The van der Waals surface area contributed by atoms with Crippen LogP contribution >= 0.6 is 0 Å². The summed E-state index contributed by atoms with van der Waals surface area (Å²) in [5.41, 5.74) is -0.817. The van der Waals surface area contributed by atoms with Gasteiger partial charge in [0, 0.05) is 18.9 Å². The van der Waals surface area contributed by atoms with Gasteiger partial charge in [0.2, 0.25) is 0 Å². The van der Waals surface area contributed by atoms with Crippen LogP contribution in [0, 0.1) is 5.82 Å². The Kier molecular flexibility index (Phi) is 2.36. The zero-order chi connectivity index (χ0) is 12.0. The molecule has 2 fully saturated rings. The molecule has 5 heteroatoms. The third-order valence-electron chi connectivity index (χ3n) is 3.30. The van der Waals surface area contributed by atoms with E-state index in [1.807, 2.05) is 0 Å². The molecule has 2 N–H and O–H groups in total. The van der Waals surface area contributed by atoms with E-state index in [0.717, 1.165) is 6.07 Å². The van der Waals surface area contributed by atoms with Crippen molar-refractivity contribution in [1.82, 2.24) is 0 Å².